The zero-order chi connectivity index (χ0) is 40.2. The lowest BCUT2D eigenvalue weighted by Gasteiger charge is -2.16. The highest BCUT2D eigenvalue weighted by Gasteiger charge is 2.25. The van der Waals surface area contributed by atoms with E-state index in [2.05, 4.69) is 50.0 Å². The fourth-order valence-electron chi connectivity index (χ4n) is 4.01. The summed E-state index contributed by atoms with van der Waals surface area (Å²) in [6.45, 7) is 20.2. The fourth-order valence-corrected chi connectivity index (χ4v) is 4.01. The van der Waals surface area contributed by atoms with Gasteiger partial charge < -0.3 is 23.7 Å². The van der Waals surface area contributed by atoms with Crippen LogP contribution < -0.4 is 23.7 Å². The van der Waals surface area contributed by atoms with Crippen LogP contribution >= 0.6 is 0 Å². The highest BCUT2D eigenvalue weighted by Crippen LogP contribution is 2.41. The lowest BCUT2D eigenvalue weighted by Crippen LogP contribution is -2.16. The molecule has 4 aromatic carbocycles. The van der Waals surface area contributed by atoms with Gasteiger partial charge in [-0.1, -0.05) is 50.0 Å². The second-order valence-electron chi connectivity index (χ2n) is 12.0. The lowest BCUT2D eigenvalue weighted by atomic mass is 10.1. The standard InChI is InChI=1S/C45H34O10/c1-27(2)41(46)51-36-22-14-32(15-23-36)10-9-31-12-19-35(20-13-31)45(50)53-38-26-21-34(18-11-33-16-24-37(25-17-33)52-42(47)28(3)4)39(54-43(48)29(5)6)40(38)55-44(49)30(7)8/h12-17,19-26H,1,3,5,7H2,2,4,6,8H3. The monoisotopic (exact) mass is 734 g/mol. The van der Waals surface area contributed by atoms with Crippen LogP contribution in [-0.2, 0) is 19.2 Å². The largest absolute Gasteiger partial charge is 0.423 e. The molecule has 0 amide bonds. The molecule has 55 heavy (non-hydrogen) atoms. The molecule has 0 aliphatic rings. The number of hydrogen-bond acceptors (Lipinski definition) is 10. The van der Waals surface area contributed by atoms with Gasteiger partial charge in [-0.05, 0) is 113 Å². The van der Waals surface area contributed by atoms with E-state index in [-0.39, 0.29) is 50.7 Å². The van der Waals surface area contributed by atoms with Crippen molar-refractivity contribution in [2.24, 2.45) is 0 Å². The van der Waals surface area contributed by atoms with Crippen molar-refractivity contribution in [3.63, 3.8) is 0 Å². The summed E-state index contributed by atoms with van der Waals surface area (Å²) in [5, 5.41) is 0. The molecule has 0 saturated carbocycles. The van der Waals surface area contributed by atoms with Crippen molar-refractivity contribution >= 4 is 29.8 Å². The summed E-state index contributed by atoms with van der Waals surface area (Å²) in [6.07, 6.45) is 0. The van der Waals surface area contributed by atoms with Crippen molar-refractivity contribution in [3.8, 4) is 52.4 Å². The maximum Gasteiger partial charge on any atom is 0.343 e. The molecule has 274 valence electrons. The Kier molecular flexibility index (Phi) is 13.3. The molecular formula is C45H34O10. The summed E-state index contributed by atoms with van der Waals surface area (Å²) in [7, 11) is 0. The average molecular weight is 735 g/mol. The Morgan fingerprint density at radius 2 is 0.782 bits per heavy atom. The SMILES string of the molecule is C=C(C)C(=O)Oc1ccc(C#Cc2ccc(C(=O)Oc3ccc(C#Cc4ccc(OC(=O)C(=C)C)cc4)c(OC(=O)C(=C)C)c3OC(=O)C(=C)C)cc2)cc1. The Morgan fingerprint density at radius 3 is 1.20 bits per heavy atom. The minimum absolute atomic E-state index is 0.0113. The van der Waals surface area contributed by atoms with E-state index in [1.165, 1.54) is 45.0 Å². The van der Waals surface area contributed by atoms with E-state index < -0.39 is 35.6 Å². The third-order valence-electron chi connectivity index (χ3n) is 7.01. The van der Waals surface area contributed by atoms with Crippen LogP contribution in [0.4, 0.5) is 0 Å². The van der Waals surface area contributed by atoms with Crippen LogP contribution in [0.5, 0.6) is 28.7 Å². The zero-order valence-electron chi connectivity index (χ0n) is 30.5. The molecule has 0 unspecified atom stereocenters. The van der Waals surface area contributed by atoms with Crippen molar-refractivity contribution in [1.82, 2.24) is 0 Å². The molecule has 0 aliphatic heterocycles. The molecule has 4 aromatic rings. The van der Waals surface area contributed by atoms with Crippen LogP contribution in [-0.4, -0.2) is 29.8 Å². The van der Waals surface area contributed by atoms with Crippen LogP contribution in [0.25, 0.3) is 0 Å². The van der Waals surface area contributed by atoms with Gasteiger partial charge in [0.15, 0.2) is 11.5 Å². The van der Waals surface area contributed by atoms with Gasteiger partial charge in [0.2, 0.25) is 5.75 Å². The first-order valence-electron chi connectivity index (χ1n) is 16.4. The van der Waals surface area contributed by atoms with Gasteiger partial charge in [-0.2, -0.15) is 0 Å². The first-order valence-corrected chi connectivity index (χ1v) is 16.4. The van der Waals surface area contributed by atoms with Crippen molar-refractivity contribution in [2.45, 2.75) is 27.7 Å². The third kappa shape index (κ3) is 11.4. The quantitative estimate of drug-likeness (QED) is 0.0694. The van der Waals surface area contributed by atoms with Crippen molar-refractivity contribution < 1.29 is 47.7 Å². The second-order valence-corrected chi connectivity index (χ2v) is 12.0. The molecule has 0 heterocycles. The number of ether oxygens (including phenoxy) is 5. The van der Waals surface area contributed by atoms with Gasteiger partial charge >= 0.3 is 29.8 Å². The molecule has 0 saturated heterocycles. The molecule has 0 atom stereocenters. The van der Waals surface area contributed by atoms with E-state index >= 15 is 0 Å². The van der Waals surface area contributed by atoms with Gasteiger partial charge in [0.05, 0.1) is 11.1 Å². The molecule has 0 aromatic heterocycles. The van der Waals surface area contributed by atoms with Gasteiger partial charge in [-0.25, -0.2) is 24.0 Å². The fraction of sp³-hybridized carbons (Fsp3) is 0.0889. The highest BCUT2D eigenvalue weighted by molar-refractivity contribution is 5.95. The van der Waals surface area contributed by atoms with E-state index in [1.807, 2.05) is 0 Å². The summed E-state index contributed by atoms with van der Waals surface area (Å²) in [5.41, 5.74) is 2.54. The van der Waals surface area contributed by atoms with E-state index in [9.17, 15) is 24.0 Å². The number of benzene rings is 4. The van der Waals surface area contributed by atoms with Crippen molar-refractivity contribution in [3.05, 3.63) is 161 Å². The van der Waals surface area contributed by atoms with Crippen LogP contribution in [0.15, 0.2) is 134 Å². The number of carbonyl (C=O) groups excluding carboxylic acids is 5. The normalized spacial score (nSPS) is 9.82. The van der Waals surface area contributed by atoms with Crippen LogP contribution in [0, 0.1) is 23.7 Å². The first kappa shape index (κ1) is 40.1. The van der Waals surface area contributed by atoms with E-state index in [0.717, 1.165) is 0 Å². The van der Waals surface area contributed by atoms with E-state index in [4.69, 9.17) is 23.7 Å². The number of esters is 5. The van der Waals surface area contributed by atoms with Gasteiger partial charge in [-0.3, -0.25) is 0 Å². The highest BCUT2D eigenvalue weighted by atomic mass is 16.6. The summed E-state index contributed by atoms with van der Waals surface area (Å²) in [5.74, 6) is 7.80. The summed E-state index contributed by atoms with van der Waals surface area (Å²) >= 11 is 0. The predicted octanol–water partition coefficient (Wildman–Crippen LogP) is 7.63. The van der Waals surface area contributed by atoms with Crippen molar-refractivity contribution in [1.29, 1.82) is 0 Å². The number of hydrogen-bond donors (Lipinski definition) is 0. The molecule has 10 heteroatoms. The topological polar surface area (TPSA) is 132 Å². The Bertz CT molecular complexity index is 2370. The van der Waals surface area contributed by atoms with Gasteiger partial charge in [0.25, 0.3) is 0 Å². The predicted molar refractivity (Wildman–Crippen MR) is 204 cm³/mol. The Balaban J connectivity index is 1.62. The minimum Gasteiger partial charge on any atom is -0.423 e. The Labute approximate surface area is 318 Å². The number of carbonyl (C=O) groups is 5. The summed E-state index contributed by atoms with van der Waals surface area (Å²) in [6, 6.07) is 21.9. The average Bonchev–Trinajstić information content (AvgIpc) is 3.15. The molecule has 0 aliphatic carbocycles. The smallest absolute Gasteiger partial charge is 0.343 e. The second kappa shape index (κ2) is 18.2. The van der Waals surface area contributed by atoms with Crippen LogP contribution in [0.3, 0.4) is 0 Å². The number of rotatable bonds is 10. The maximum absolute atomic E-state index is 13.4. The molecule has 0 N–H and O–H groups in total. The summed E-state index contributed by atoms with van der Waals surface area (Å²) in [4.78, 5) is 62.5. The van der Waals surface area contributed by atoms with Gasteiger partial charge in [0, 0.05) is 39.0 Å². The van der Waals surface area contributed by atoms with Crippen LogP contribution in [0.2, 0.25) is 0 Å². The third-order valence-corrected chi connectivity index (χ3v) is 7.01. The molecule has 0 radical (unpaired) electrons. The molecule has 10 nitrogen and oxygen atoms in total. The van der Waals surface area contributed by atoms with E-state index in [0.29, 0.717) is 22.4 Å². The Morgan fingerprint density at radius 1 is 0.418 bits per heavy atom. The first-order chi connectivity index (χ1) is 26.1. The maximum atomic E-state index is 13.4. The van der Waals surface area contributed by atoms with Gasteiger partial charge in [-0.15, -0.1) is 0 Å². The molecular weight excluding hydrogens is 700 g/mol. The van der Waals surface area contributed by atoms with Crippen molar-refractivity contribution in [2.75, 3.05) is 0 Å². The molecule has 0 bridgehead atoms. The van der Waals surface area contributed by atoms with Gasteiger partial charge in [0.1, 0.15) is 11.5 Å². The van der Waals surface area contributed by atoms with E-state index in [1.54, 1.807) is 67.6 Å². The Hall–Kier alpha value is -7.69. The lowest BCUT2D eigenvalue weighted by molar-refractivity contribution is -0.132. The molecule has 4 rings (SSSR count). The van der Waals surface area contributed by atoms with Crippen LogP contribution in [0.1, 0.15) is 60.3 Å². The molecule has 0 fully saturated rings. The molecule has 0 spiro atoms. The zero-order valence-corrected chi connectivity index (χ0v) is 30.5. The minimum atomic E-state index is -0.889. The summed E-state index contributed by atoms with van der Waals surface area (Å²) < 4.78 is 27.2.